The molecule has 0 fully saturated rings. The van der Waals surface area contributed by atoms with Crippen molar-refractivity contribution < 1.29 is 22.2 Å². The Morgan fingerprint density at radius 2 is 1.95 bits per heavy atom. The normalized spacial score (nSPS) is 12.0. The van der Waals surface area contributed by atoms with Crippen molar-refractivity contribution >= 4 is 31.7 Å². The zero-order valence-electron chi connectivity index (χ0n) is 12.2. The van der Waals surface area contributed by atoms with Gasteiger partial charge >= 0.3 is 16.2 Å². The second-order valence-corrected chi connectivity index (χ2v) is 8.50. The van der Waals surface area contributed by atoms with Crippen LogP contribution in [-0.2, 0) is 31.7 Å². The molecule has 0 atom stereocenters. The predicted octanol–water partition coefficient (Wildman–Crippen LogP) is 0.371. The number of hydrogen-bond donors (Lipinski definition) is 1. The molecule has 0 spiro atoms. The molecule has 0 aliphatic heterocycles. The van der Waals surface area contributed by atoms with Gasteiger partial charge in [-0.1, -0.05) is 17.6 Å². The largest absolute Gasteiger partial charge is 0.464 e. The second-order valence-electron chi connectivity index (χ2n) is 4.05. The summed E-state index contributed by atoms with van der Waals surface area (Å²) in [5.74, 6) is -0.756. The lowest BCUT2D eigenvalue weighted by molar-refractivity contribution is 0.0591. The van der Waals surface area contributed by atoms with E-state index in [1.807, 2.05) is 4.72 Å². The maximum absolute atomic E-state index is 12.1. The van der Waals surface area contributed by atoms with Gasteiger partial charge in [-0.3, -0.25) is 0 Å². The van der Waals surface area contributed by atoms with Crippen LogP contribution in [0.3, 0.4) is 0 Å². The van der Waals surface area contributed by atoms with Gasteiger partial charge in [-0.15, -0.1) is 0 Å². The fraction of sp³-hybridized carbons (Fsp3) is 0.600. The first-order chi connectivity index (χ1) is 9.68. The second kappa shape index (κ2) is 6.43. The van der Waals surface area contributed by atoms with Crippen molar-refractivity contribution in [2.75, 3.05) is 23.3 Å². The van der Waals surface area contributed by atoms with E-state index in [0.29, 0.717) is 0 Å². The van der Waals surface area contributed by atoms with Crippen molar-refractivity contribution in [3.8, 4) is 0 Å². The average molecular weight is 338 g/mol. The third-order valence-corrected chi connectivity index (χ3v) is 6.80. The van der Waals surface area contributed by atoms with Gasteiger partial charge < -0.3 is 9.30 Å². The summed E-state index contributed by atoms with van der Waals surface area (Å²) >= 11 is 0. The Morgan fingerprint density at radius 1 is 1.38 bits per heavy atom. The van der Waals surface area contributed by atoms with Gasteiger partial charge in [0.15, 0.2) is 11.5 Å². The summed E-state index contributed by atoms with van der Waals surface area (Å²) < 4.78 is 47.3. The van der Waals surface area contributed by atoms with Crippen LogP contribution in [0.25, 0.3) is 0 Å². The van der Waals surface area contributed by atoms with Gasteiger partial charge in [0.25, 0.3) is 0 Å². The highest BCUT2D eigenvalue weighted by atomic mass is 32.3. The molecule has 1 heterocycles. The van der Waals surface area contributed by atoms with Crippen LogP contribution in [0.4, 0.5) is 5.82 Å². The van der Waals surface area contributed by atoms with E-state index in [-0.39, 0.29) is 23.0 Å². The zero-order chi connectivity index (χ0) is 16.3. The SMILES string of the molecule is CCS(=O)(CC)=NS(=O)(=O)Nc1ncn(C)c1C(=O)OC. The highest BCUT2D eigenvalue weighted by molar-refractivity contribution is 8.03. The van der Waals surface area contributed by atoms with E-state index in [2.05, 4.69) is 13.5 Å². The Morgan fingerprint density at radius 3 is 2.43 bits per heavy atom. The van der Waals surface area contributed by atoms with E-state index in [1.165, 1.54) is 25.1 Å². The number of hydrogen-bond acceptors (Lipinski definition) is 6. The number of anilines is 1. The van der Waals surface area contributed by atoms with Gasteiger partial charge in [0.05, 0.1) is 23.2 Å². The number of nitrogens with zero attached hydrogens (tertiary/aromatic N) is 3. The number of aromatic nitrogens is 2. The number of rotatable bonds is 6. The molecule has 0 aromatic carbocycles. The number of imidazole rings is 1. The Hall–Kier alpha value is -1.62. The van der Waals surface area contributed by atoms with E-state index in [9.17, 15) is 17.4 Å². The van der Waals surface area contributed by atoms with Crippen molar-refractivity contribution in [1.29, 1.82) is 0 Å². The molecular formula is C10H18N4O5S2. The van der Waals surface area contributed by atoms with Crippen molar-refractivity contribution in [2.24, 2.45) is 10.8 Å². The maximum atomic E-state index is 12.1. The van der Waals surface area contributed by atoms with Gasteiger partial charge in [0, 0.05) is 18.6 Å². The monoisotopic (exact) mass is 338 g/mol. The molecular weight excluding hydrogens is 320 g/mol. The molecule has 0 amide bonds. The Kier molecular flexibility index (Phi) is 5.34. The third kappa shape index (κ3) is 4.17. The summed E-state index contributed by atoms with van der Waals surface area (Å²) in [6, 6.07) is 0. The minimum absolute atomic E-state index is 0.0734. The van der Waals surface area contributed by atoms with Crippen LogP contribution >= 0.6 is 0 Å². The minimum Gasteiger partial charge on any atom is -0.464 e. The summed E-state index contributed by atoms with van der Waals surface area (Å²) in [7, 11) is -4.43. The summed E-state index contributed by atoms with van der Waals surface area (Å²) in [4.78, 5) is 15.4. The Bertz CT molecular complexity index is 733. The highest BCUT2D eigenvalue weighted by Crippen LogP contribution is 2.16. The molecule has 1 aromatic heterocycles. The van der Waals surface area contributed by atoms with Crippen molar-refractivity contribution in [2.45, 2.75) is 13.8 Å². The lowest BCUT2D eigenvalue weighted by Crippen LogP contribution is -2.18. The Labute approximate surface area is 124 Å². The first kappa shape index (κ1) is 17.4. The molecule has 11 heteroatoms. The number of esters is 1. The molecule has 0 saturated heterocycles. The van der Waals surface area contributed by atoms with Crippen molar-refractivity contribution in [1.82, 2.24) is 9.55 Å². The number of nitrogens with one attached hydrogen (secondary N) is 1. The van der Waals surface area contributed by atoms with Crippen molar-refractivity contribution in [3.63, 3.8) is 0 Å². The lowest BCUT2D eigenvalue weighted by atomic mass is 10.4. The molecule has 0 bridgehead atoms. The van der Waals surface area contributed by atoms with Crippen LogP contribution in [0.5, 0.6) is 0 Å². The smallest absolute Gasteiger partial charge is 0.358 e. The fourth-order valence-electron chi connectivity index (χ4n) is 1.47. The van der Waals surface area contributed by atoms with Crippen LogP contribution in [0.2, 0.25) is 0 Å². The molecule has 120 valence electrons. The van der Waals surface area contributed by atoms with Crippen LogP contribution in [0, 0.1) is 0 Å². The summed E-state index contributed by atoms with van der Waals surface area (Å²) in [6.45, 7) is 3.18. The maximum Gasteiger partial charge on any atom is 0.358 e. The summed E-state index contributed by atoms with van der Waals surface area (Å²) in [6.07, 6.45) is 1.25. The topological polar surface area (TPSA) is 120 Å². The number of methoxy groups -OCH3 is 1. The molecule has 0 aliphatic rings. The molecule has 1 rings (SSSR count). The standard InChI is InChI=1S/C10H18N4O5S2/c1-5-20(16,6-2)13-21(17,18)12-9-8(10(15)19-4)14(3)7-11-9/h7,12H,5-6H2,1-4H3. The van der Waals surface area contributed by atoms with Gasteiger partial charge in [0.1, 0.15) is 0 Å². The van der Waals surface area contributed by atoms with Gasteiger partial charge in [-0.25, -0.2) is 18.7 Å². The van der Waals surface area contributed by atoms with E-state index in [4.69, 9.17) is 0 Å². The highest BCUT2D eigenvalue weighted by Gasteiger charge is 2.22. The lowest BCUT2D eigenvalue weighted by Gasteiger charge is -2.07. The quantitative estimate of drug-likeness (QED) is 0.748. The summed E-state index contributed by atoms with van der Waals surface area (Å²) in [5, 5.41) is 0. The van der Waals surface area contributed by atoms with E-state index < -0.39 is 25.9 Å². The zero-order valence-corrected chi connectivity index (χ0v) is 13.8. The Balaban J connectivity index is 3.24. The van der Waals surface area contributed by atoms with E-state index in [1.54, 1.807) is 13.8 Å². The minimum atomic E-state index is -4.25. The number of aryl methyl sites for hydroxylation is 1. The molecule has 0 saturated carbocycles. The van der Waals surface area contributed by atoms with Crippen LogP contribution in [-0.4, -0.2) is 46.8 Å². The number of carbonyl (C=O) groups excluding carboxylic acids is 1. The predicted molar refractivity (Wildman–Crippen MR) is 78.7 cm³/mol. The fourth-order valence-corrected chi connectivity index (χ4v) is 4.70. The first-order valence-electron chi connectivity index (χ1n) is 6.04. The molecule has 0 radical (unpaired) electrons. The summed E-state index contributed by atoms with van der Waals surface area (Å²) in [5.41, 5.74) is -0.0734. The van der Waals surface area contributed by atoms with Crippen molar-refractivity contribution in [3.05, 3.63) is 12.0 Å². The van der Waals surface area contributed by atoms with Gasteiger partial charge in [0.2, 0.25) is 0 Å². The number of carbonyl (C=O) groups is 1. The van der Waals surface area contributed by atoms with E-state index in [0.717, 1.165) is 0 Å². The van der Waals surface area contributed by atoms with Crippen LogP contribution in [0.15, 0.2) is 10.1 Å². The number of ether oxygens (including phenoxy) is 1. The van der Waals surface area contributed by atoms with Gasteiger partial charge in [-0.05, 0) is 0 Å². The molecule has 9 nitrogen and oxygen atoms in total. The van der Waals surface area contributed by atoms with E-state index >= 15 is 0 Å². The molecule has 0 aliphatic carbocycles. The molecule has 1 N–H and O–H groups in total. The molecule has 0 unspecified atom stereocenters. The molecule has 21 heavy (non-hydrogen) atoms. The van der Waals surface area contributed by atoms with Crippen LogP contribution < -0.4 is 4.72 Å². The third-order valence-electron chi connectivity index (χ3n) is 2.68. The van der Waals surface area contributed by atoms with Crippen LogP contribution in [0.1, 0.15) is 24.3 Å². The molecule has 1 aromatic rings. The van der Waals surface area contributed by atoms with Gasteiger partial charge in [-0.2, -0.15) is 8.42 Å². The first-order valence-corrected chi connectivity index (χ1v) is 9.33. The average Bonchev–Trinajstić information content (AvgIpc) is 2.77.